The van der Waals surface area contributed by atoms with Gasteiger partial charge in [0.25, 0.3) is 0 Å². The number of methoxy groups -OCH3 is 1. The number of ether oxygens (including phenoxy) is 1. The molecule has 0 aliphatic heterocycles. The van der Waals surface area contributed by atoms with Crippen LogP contribution < -0.4 is 10.1 Å². The first-order valence-electron chi connectivity index (χ1n) is 10.3. The molecule has 9 heteroatoms. The number of thioether (sulfide) groups is 1. The van der Waals surface area contributed by atoms with Crippen LogP contribution in [0.1, 0.15) is 17.3 Å². The largest absolute Gasteiger partial charge is 0.496 e. The Hall–Kier alpha value is -3.62. The van der Waals surface area contributed by atoms with E-state index in [-0.39, 0.29) is 17.4 Å². The molecule has 0 saturated heterocycles. The summed E-state index contributed by atoms with van der Waals surface area (Å²) in [4.78, 5) is 24.0. The summed E-state index contributed by atoms with van der Waals surface area (Å²) < 4.78 is 7.38. The van der Waals surface area contributed by atoms with Crippen molar-refractivity contribution in [2.45, 2.75) is 12.1 Å². The van der Waals surface area contributed by atoms with Gasteiger partial charge in [-0.1, -0.05) is 35.5 Å². The molecule has 1 aromatic heterocycles. The van der Waals surface area contributed by atoms with E-state index in [4.69, 9.17) is 16.3 Å². The molecule has 0 aliphatic rings. The van der Waals surface area contributed by atoms with Crippen LogP contribution in [0.2, 0.25) is 5.02 Å². The number of ketones is 1. The highest BCUT2D eigenvalue weighted by molar-refractivity contribution is 7.99. The van der Waals surface area contributed by atoms with E-state index in [2.05, 4.69) is 15.5 Å². The number of anilines is 1. The van der Waals surface area contributed by atoms with Gasteiger partial charge >= 0.3 is 0 Å². The highest BCUT2D eigenvalue weighted by atomic mass is 35.5. The minimum atomic E-state index is -0.204. The number of hydrogen-bond donors (Lipinski definition) is 1. The fourth-order valence-electron chi connectivity index (χ4n) is 3.31. The smallest absolute Gasteiger partial charge is 0.234 e. The van der Waals surface area contributed by atoms with Gasteiger partial charge in [-0.2, -0.15) is 0 Å². The Morgan fingerprint density at radius 1 is 1.00 bits per heavy atom. The first-order valence-corrected chi connectivity index (χ1v) is 11.7. The molecule has 0 radical (unpaired) electrons. The van der Waals surface area contributed by atoms with Gasteiger partial charge in [-0.15, -0.1) is 10.2 Å². The van der Waals surface area contributed by atoms with E-state index in [9.17, 15) is 9.59 Å². The molecular weight excluding hydrogens is 472 g/mol. The molecule has 0 bridgehead atoms. The van der Waals surface area contributed by atoms with Crippen LogP contribution in [0.3, 0.4) is 0 Å². The maximum atomic E-state index is 12.6. The molecule has 4 aromatic rings. The standard InChI is InChI=1S/C25H21ClN4O3S/c1-16(31)17-7-11-19(12-8-17)27-23(32)15-34-25-29-28-24(21-5-3-4-6-22(21)33-2)30(25)20-13-9-18(26)10-14-20/h3-14H,15H2,1-2H3,(H,27,32). The summed E-state index contributed by atoms with van der Waals surface area (Å²) in [5.41, 5.74) is 2.78. The number of para-hydroxylation sites is 1. The lowest BCUT2D eigenvalue weighted by Crippen LogP contribution is -2.14. The zero-order valence-electron chi connectivity index (χ0n) is 18.5. The zero-order chi connectivity index (χ0) is 24.1. The van der Waals surface area contributed by atoms with Crippen molar-refractivity contribution in [2.24, 2.45) is 0 Å². The summed E-state index contributed by atoms with van der Waals surface area (Å²) in [5.74, 6) is 1.13. The van der Waals surface area contributed by atoms with Crippen molar-refractivity contribution in [3.05, 3.63) is 83.4 Å². The van der Waals surface area contributed by atoms with Crippen LogP contribution in [0.4, 0.5) is 5.69 Å². The van der Waals surface area contributed by atoms with Crippen molar-refractivity contribution >= 4 is 40.7 Å². The van der Waals surface area contributed by atoms with Gasteiger partial charge in [0, 0.05) is 22.0 Å². The van der Waals surface area contributed by atoms with E-state index in [1.807, 2.05) is 41.0 Å². The minimum Gasteiger partial charge on any atom is -0.496 e. The number of halogens is 1. The molecule has 0 atom stereocenters. The van der Waals surface area contributed by atoms with Gasteiger partial charge in [-0.25, -0.2) is 0 Å². The van der Waals surface area contributed by atoms with Gasteiger partial charge in [0.2, 0.25) is 5.91 Å². The Bertz CT molecular complexity index is 1320. The Morgan fingerprint density at radius 3 is 2.38 bits per heavy atom. The molecule has 4 rings (SSSR count). The highest BCUT2D eigenvalue weighted by Crippen LogP contribution is 2.33. The second-order valence-electron chi connectivity index (χ2n) is 7.29. The van der Waals surface area contributed by atoms with Gasteiger partial charge in [-0.3, -0.25) is 14.2 Å². The Labute approximate surface area is 206 Å². The maximum absolute atomic E-state index is 12.6. The summed E-state index contributed by atoms with van der Waals surface area (Å²) in [6, 6.07) is 21.6. The zero-order valence-corrected chi connectivity index (χ0v) is 20.1. The third kappa shape index (κ3) is 5.30. The maximum Gasteiger partial charge on any atom is 0.234 e. The fraction of sp³-hybridized carbons (Fsp3) is 0.120. The lowest BCUT2D eigenvalue weighted by molar-refractivity contribution is -0.113. The lowest BCUT2D eigenvalue weighted by Gasteiger charge is -2.12. The van der Waals surface area contributed by atoms with Crippen LogP contribution in [-0.4, -0.2) is 39.3 Å². The van der Waals surface area contributed by atoms with E-state index in [1.54, 1.807) is 43.5 Å². The Balaban J connectivity index is 1.59. The molecular formula is C25H21ClN4O3S. The van der Waals surface area contributed by atoms with Crippen molar-refractivity contribution in [1.29, 1.82) is 0 Å². The summed E-state index contributed by atoms with van der Waals surface area (Å²) in [7, 11) is 1.60. The average molecular weight is 493 g/mol. The number of nitrogens with one attached hydrogen (secondary N) is 1. The first-order chi connectivity index (χ1) is 16.5. The van der Waals surface area contributed by atoms with Crippen molar-refractivity contribution < 1.29 is 14.3 Å². The van der Waals surface area contributed by atoms with Crippen molar-refractivity contribution in [2.75, 3.05) is 18.2 Å². The number of carbonyl (C=O) groups is 2. The molecule has 34 heavy (non-hydrogen) atoms. The molecule has 3 aromatic carbocycles. The molecule has 1 N–H and O–H groups in total. The van der Waals surface area contributed by atoms with E-state index in [1.165, 1.54) is 18.7 Å². The average Bonchev–Trinajstić information content (AvgIpc) is 3.27. The number of benzene rings is 3. The van der Waals surface area contributed by atoms with Gasteiger partial charge in [0.1, 0.15) is 5.75 Å². The monoisotopic (exact) mass is 492 g/mol. The normalized spacial score (nSPS) is 10.7. The van der Waals surface area contributed by atoms with Crippen LogP contribution in [0.15, 0.2) is 78.0 Å². The van der Waals surface area contributed by atoms with Crippen molar-refractivity contribution in [3.63, 3.8) is 0 Å². The van der Waals surface area contributed by atoms with Crippen molar-refractivity contribution in [3.8, 4) is 22.8 Å². The summed E-state index contributed by atoms with van der Waals surface area (Å²) in [5, 5.41) is 12.7. The number of amides is 1. The Morgan fingerprint density at radius 2 is 1.71 bits per heavy atom. The number of Topliss-reactive ketones (excluding diaryl/α,β-unsaturated/α-hetero) is 1. The van der Waals surface area contributed by atoms with Crippen LogP contribution >= 0.6 is 23.4 Å². The topological polar surface area (TPSA) is 86.1 Å². The van der Waals surface area contributed by atoms with E-state index < -0.39 is 0 Å². The molecule has 0 spiro atoms. The lowest BCUT2D eigenvalue weighted by atomic mass is 10.1. The van der Waals surface area contributed by atoms with Gasteiger partial charge in [0.05, 0.1) is 18.4 Å². The highest BCUT2D eigenvalue weighted by Gasteiger charge is 2.20. The molecule has 0 unspecified atom stereocenters. The second kappa shape index (κ2) is 10.5. The SMILES string of the molecule is COc1ccccc1-c1nnc(SCC(=O)Nc2ccc(C(C)=O)cc2)n1-c1ccc(Cl)cc1. The van der Waals surface area contributed by atoms with Crippen LogP contribution in [-0.2, 0) is 4.79 Å². The third-order valence-corrected chi connectivity index (χ3v) is 6.15. The van der Waals surface area contributed by atoms with Crippen LogP contribution in [0, 0.1) is 0 Å². The van der Waals surface area contributed by atoms with Crippen LogP contribution in [0.25, 0.3) is 17.1 Å². The minimum absolute atomic E-state index is 0.0270. The number of rotatable bonds is 8. The summed E-state index contributed by atoms with van der Waals surface area (Å²) >= 11 is 7.35. The van der Waals surface area contributed by atoms with Gasteiger partial charge in [-0.05, 0) is 67.6 Å². The second-order valence-corrected chi connectivity index (χ2v) is 8.67. The predicted octanol–water partition coefficient (Wildman–Crippen LogP) is 5.53. The van der Waals surface area contributed by atoms with E-state index in [0.717, 1.165) is 11.3 Å². The van der Waals surface area contributed by atoms with E-state index >= 15 is 0 Å². The molecule has 7 nitrogen and oxygen atoms in total. The number of aromatic nitrogens is 3. The number of hydrogen-bond acceptors (Lipinski definition) is 6. The Kier molecular flexibility index (Phi) is 7.30. The first kappa shape index (κ1) is 23.5. The summed E-state index contributed by atoms with van der Waals surface area (Å²) in [6.07, 6.45) is 0. The molecule has 0 fully saturated rings. The van der Waals surface area contributed by atoms with Crippen molar-refractivity contribution in [1.82, 2.24) is 14.8 Å². The quantitative estimate of drug-likeness (QED) is 0.257. The summed E-state index contributed by atoms with van der Waals surface area (Å²) in [6.45, 7) is 1.50. The predicted molar refractivity (Wildman–Crippen MR) is 134 cm³/mol. The third-order valence-electron chi connectivity index (χ3n) is 4.97. The number of carbonyl (C=O) groups excluding carboxylic acids is 2. The molecule has 0 aliphatic carbocycles. The number of nitrogens with zero attached hydrogens (tertiary/aromatic N) is 3. The van der Waals surface area contributed by atoms with Gasteiger partial charge < -0.3 is 10.1 Å². The molecule has 172 valence electrons. The van der Waals surface area contributed by atoms with E-state index in [0.29, 0.717) is 33.0 Å². The van der Waals surface area contributed by atoms with Gasteiger partial charge in [0.15, 0.2) is 16.8 Å². The van der Waals surface area contributed by atoms with Crippen LogP contribution in [0.5, 0.6) is 5.75 Å². The fourth-order valence-corrected chi connectivity index (χ4v) is 4.18. The molecule has 1 amide bonds. The molecule has 1 heterocycles. The molecule has 0 saturated carbocycles.